The van der Waals surface area contributed by atoms with Gasteiger partial charge in [0.1, 0.15) is 5.39 Å². The molecule has 2 heterocycles. The van der Waals surface area contributed by atoms with E-state index in [0.29, 0.717) is 11.0 Å². The van der Waals surface area contributed by atoms with Crippen LogP contribution in [0.1, 0.15) is 18.9 Å². The lowest BCUT2D eigenvalue weighted by atomic mass is 10.1. The highest BCUT2D eigenvalue weighted by Crippen LogP contribution is 2.13. The van der Waals surface area contributed by atoms with Crippen molar-refractivity contribution in [3.63, 3.8) is 0 Å². The Labute approximate surface area is 167 Å². The largest absolute Gasteiger partial charge is 0.326 e. The molecule has 7 nitrogen and oxygen atoms in total. The summed E-state index contributed by atoms with van der Waals surface area (Å²) in [4.78, 5) is 29.4. The summed E-state index contributed by atoms with van der Waals surface area (Å²) in [5.41, 5.74) is 3.08. The van der Waals surface area contributed by atoms with E-state index in [1.165, 1.54) is 22.7 Å². The number of benzene rings is 2. The lowest BCUT2D eigenvalue weighted by Crippen LogP contribution is -2.23. The highest BCUT2D eigenvalue weighted by molar-refractivity contribution is 5.90. The molecule has 146 valence electrons. The van der Waals surface area contributed by atoms with Gasteiger partial charge < -0.3 is 5.32 Å². The average Bonchev–Trinajstić information content (AvgIpc) is 3.19. The molecule has 4 aromatic rings. The third-order valence-corrected chi connectivity index (χ3v) is 4.78. The van der Waals surface area contributed by atoms with Gasteiger partial charge in [-0.2, -0.15) is 5.10 Å². The Balaban J connectivity index is 1.47. The second-order valence-corrected chi connectivity index (χ2v) is 6.72. The van der Waals surface area contributed by atoms with Gasteiger partial charge in [0.05, 0.1) is 18.2 Å². The summed E-state index contributed by atoms with van der Waals surface area (Å²) in [6, 6.07) is 17.3. The second-order valence-electron chi connectivity index (χ2n) is 6.72. The summed E-state index contributed by atoms with van der Waals surface area (Å²) in [5.74, 6) is -0.152. The normalized spacial score (nSPS) is 10.9. The number of carbonyl (C=O) groups excluding carboxylic acids is 1. The number of hydrogen-bond acceptors (Lipinski definition) is 4. The number of carbonyl (C=O) groups is 1. The highest BCUT2D eigenvalue weighted by atomic mass is 16.2. The number of nitrogens with zero attached hydrogens (tertiary/aromatic N) is 4. The number of aromatic nitrogens is 4. The van der Waals surface area contributed by atoms with E-state index in [1.54, 1.807) is 4.68 Å². The van der Waals surface area contributed by atoms with Gasteiger partial charge in [0.25, 0.3) is 5.56 Å². The second kappa shape index (κ2) is 8.10. The van der Waals surface area contributed by atoms with E-state index in [2.05, 4.69) is 22.3 Å². The molecule has 0 saturated heterocycles. The number of rotatable bonds is 6. The first-order chi connectivity index (χ1) is 14.2. The third kappa shape index (κ3) is 3.94. The maximum atomic E-state index is 12.8. The smallest absolute Gasteiger partial charge is 0.264 e. The summed E-state index contributed by atoms with van der Waals surface area (Å²) in [7, 11) is 0. The molecule has 0 aliphatic heterocycles. The minimum Gasteiger partial charge on any atom is -0.326 e. The van der Waals surface area contributed by atoms with Crippen molar-refractivity contribution in [3.05, 3.63) is 83.0 Å². The predicted octanol–water partition coefficient (Wildman–Crippen LogP) is 3.17. The van der Waals surface area contributed by atoms with Crippen molar-refractivity contribution >= 4 is 22.6 Å². The molecule has 29 heavy (non-hydrogen) atoms. The van der Waals surface area contributed by atoms with Crippen LogP contribution in [-0.2, 0) is 17.8 Å². The van der Waals surface area contributed by atoms with Gasteiger partial charge in [0.15, 0.2) is 5.65 Å². The van der Waals surface area contributed by atoms with Crippen molar-refractivity contribution in [2.75, 3.05) is 5.32 Å². The molecule has 1 N–H and O–H groups in total. The number of aryl methyl sites for hydroxylation is 2. The molecule has 2 aromatic carbocycles. The van der Waals surface area contributed by atoms with Gasteiger partial charge >= 0.3 is 0 Å². The zero-order valence-electron chi connectivity index (χ0n) is 16.1. The Hall–Kier alpha value is -3.74. The maximum absolute atomic E-state index is 12.8. The molecular weight excluding hydrogens is 366 g/mol. The SMILES string of the molecule is CCc1ccc(NC(=O)CCn2cnc3c(cnn3-c3ccccc3)c2=O)cc1. The van der Waals surface area contributed by atoms with Crippen molar-refractivity contribution in [1.29, 1.82) is 0 Å². The molecule has 1 amide bonds. The molecule has 0 atom stereocenters. The summed E-state index contributed by atoms with van der Waals surface area (Å²) in [5, 5.41) is 7.57. The van der Waals surface area contributed by atoms with Gasteiger partial charge in [-0.1, -0.05) is 37.3 Å². The van der Waals surface area contributed by atoms with Crippen LogP contribution in [0.5, 0.6) is 0 Å². The molecule has 0 radical (unpaired) electrons. The quantitative estimate of drug-likeness (QED) is 0.551. The van der Waals surface area contributed by atoms with Crippen LogP contribution in [0.15, 0.2) is 71.9 Å². The minimum absolute atomic E-state index is 0.152. The maximum Gasteiger partial charge on any atom is 0.264 e. The molecule has 2 aromatic heterocycles. The van der Waals surface area contributed by atoms with E-state index in [1.807, 2.05) is 54.6 Å². The number of fused-ring (bicyclic) bond motifs is 1. The van der Waals surface area contributed by atoms with Crippen LogP contribution in [0.2, 0.25) is 0 Å². The first kappa shape index (κ1) is 18.6. The fraction of sp³-hybridized carbons (Fsp3) is 0.182. The van der Waals surface area contributed by atoms with Crippen LogP contribution in [0.3, 0.4) is 0 Å². The molecule has 0 aliphatic rings. The van der Waals surface area contributed by atoms with Gasteiger partial charge in [0.2, 0.25) is 5.91 Å². The first-order valence-electron chi connectivity index (χ1n) is 9.53. The van der Waals surface area contributed by atoms with E-state index < -0.39 is 0 Å². The highest BCUT2D eigenvalue weighted by Gasteiger charge is 2.12. The van der Waals surface area contributed by atoms with Gasteiger partial charge in [0, 0.05) is 18.7 Å². The van der Waals surface area contributed by atoms with Gasteiger partial charge in [-0.3, -0.25) is 14.2 Å². The Bertz CT molecular complexity index is 1190. The third-order valence-electron chi connectivity index (χ3n) is 4.78. The zero-order valence-corrected chi connectivity index (χ0v) is 16.1. The van der Waals surface area contributed by atoms with Crippen LogP contribution >= 0.6 is 0 Å². The van der Waals surface area contributed by atoms with Crippen LogP contribution in [0.25, 0.3) is 16.7 Å². The predicted molar refractivity (Wildman–Crippen MR) is 112 cm³/mol. The summed E-state index contributed by atoms with van der Waals surface area (Å²) < 4.78 is 3.08. The first-order valence-corrected chi connectivity index (χ1v) is 9.53. The fourth-order valence-electron chi connectivity index (χ4n) is 3.14. The average molecular weight is 387 g/mol. The Kier molecular flexibility index (Phi) is 5.20. The van der Waals surface area contributed by atoms with E-state index in [4.69, 9.17) is 0 Å². The molecule has 0 saturated carbocycles. The number of hydrogen-bond donors (Lipinski definition) is 1. The van der Waals surface area contributed by atoms with E-state index >= 15 is 0 Å². The summed E-state index contributed by atoms with van der Waals surface area (Å²) in [6.45, 7) is 2.33. The van der Waals surface area contributed by atoms with E-state index in [9.17, 15) is 9.59 Å². The standard InChI is InChI=1S/C22H21N5O2/c1-2-16-8-10-17(11-9-16)25-20(28)12-13-26-15-23-21-19(22(26)29)14-24-27(21)18-6-4-3-5-7-18/h3-11,14-15H,2,12-13H2,1H3,(H,25,28). The van der Waals surface area contributed by atoms with Gasteiger partial charge in [-0.15, -0.1) is 0 Å². The molecule has 4 rings (SSSR count). The molecule has 0 aliphatic carbocycles. The van der Waals surface area contributed by atoms with Gasteiger partial charge in [-0.25, -0.2) is 9.67 Å². The van der Waals surface area contributed by atoms with Crippen molar-refractivity contribution < 1.29 is 4.79 Å². The molecular formula is C22H21N5O2. The Morgan fingerprint density at radius 2 is 1.83 bits per heavy atom. The lowest BCUT2D eigenvalue weighted by Gasteiger charge is -2.08. The molecule has 0 unspecified atom stereocenters. The summed E-state index contributed by atoms with van der Waals surface area (Å²) >= 11 is 0. The van der Waals surface area contributed by atoms with Crippen LogP contribution in [0, 0.1) is 0 Å². The van der Waals surface area contributed by atoms with Crippen LogP contribution < -0.4 is 10.9 Å². The van der Waals surface area contributed by atoms with Gasteiger partial charge in [-0.05, 0) is 36.2 Å². The van der Waals surface area contributed by atoms with Crippen molar-refractivity contribution in [2.45, 2.75) is 26.3 Å². The number of amides is 1. The summed E-state index contributed by atoms with van der Waals surface area (Å²) in [6.07, 6.45) is 4.11. The fourth-order valence-corrected chi connectivity index (χ4v) is 3.14. The molecule has 0 spiro atoms. The number of anilines is 1. The monoisotopic (exact) mass is 387 g/mol. The minimum atomic E-state index is -0.211. The lowest BCUT2D eigenvalue weighted by molar-refractivity contribution is -0.116. The number of nitrogens with one attached hydrogen (secondary N) is 1. The number of para-hydroxylation sites is 1. The van der Waals surface area contributed by atoms with Crippen LogP contribution in [0.4, 0.5) is 5.69 Å². The van der Waals surface area contributed by atoms with Crippen molar-refractivity contribution in [3.8, 4) is 5.69 Å². The topological polar surface area (TPSA) is 81.8 Å². The Morgan fingerprint density at radius 3 is 2.55 bits per heavy atom. The molecule has 0 fully saturated rings. The van der Waals surface area contributed by atoms with Crippen molar-refractivity contribution in [2.24, 2.45) is 0 Å². The van der Waals surface area contributed by atoms with E-state index in [0.717, 1.165) is 17.8 Å². The zero-order chi connectivity index (χ0) is 20.2. The Morgan fingerprint density at radius 1 is 1.07 bits per heavy atom. The molecule has 7 heteroatoms. The molecule has 0 bridgehead atoms. The van der Waals surface area contributed by atoms with Crippen LogP contribution in [-0.4, -0.2) is 25.2 Å². The van der Waals surface area contributed by atoms with Crippen molar-refractivity contribution in [1.82, 2.24) is 19.3 Å². The van der Waals surface area contributed by atoms with E-state index in [-0.39, 0.29) is 24.4 Å².